The quantitative estimate of drug-likeness (QED) is 0.765. The molecule has 7 nitrogen and oxygen atoms in total. The molecule has 1 fully saturated rings. The molecule has 1 saturated heterocycles. The zero-order valence-electron chi connectivity index (χ0n) is 17.3. The number of fused-ring (bicyclic) bond motifs is 1. The summed E-state index contributed by atoms with van der Waals surface area (Å²) in [6.07, 6.45) is -3.64. The van der Waals surface area contributed by atoms with Crippen LogP contribution in [0.3, 0.4) is 0 Å². The first-order valence-corrected chi connectivity index (χ1v) is 9.92. The van der Waals surface area contributed by atoms with E-state index in [0.717, 1.165) is 5.52 Å². The minimum atomic E-state index is -4.67. The van der Waals surface area contributed by atoms with Crippen molar-refractivity contribution in [3.8, 4) is 0 Å². The summed E-state index contributed by atoms with van der Waals surface area (Å²) in [5.74, 6) is 0.498. The highest BCUT2D eigenvalue weighted by Gasteiger charge is 2.30. The minimum absolute atomic E-state index is 0.0130. The van der Waals surface area contributed by atoms with Crippen LogP contribution in [0.5, 0.6) is 0 Å². The monoisotopic (exact) mass is 428 g/mol. The molecule has 10 heteroatoms. The molecule has 166 valence electrons. The van der Waals surface area contributed by atoms with E-state index in [1.165, 1.54) is 0 Å². The number of carbonyl (C=O) groups is 1. The third-order valence-electron chi connectivity index (χ3n) is 4.72. The van der Waals surface area contributed by atoms with E-state index in [2.05, 4.69) is 15.0 Å². The predicted octanol–water partition coefficient (Wildman–Crippen LogP) is 4.38. The summed E-state index contributed by atoms with van der Waals surface area (Å²) in [5.41, 5.74) is 0.880. The van der Waals surface area contributed by atoms with Crippen LogP contribution in [0.15, 0.2) is 24.3 Å². The summed E-state index contributed by atoms with van der Waals surface area (Å²) in [7, 11) is 0. The molecule has 2 aromatic rings. The maximum Gasteiger partial charge on any atom is 0.522 e. The summed E-state index contributed by atoms with van der Waals surface area (Å²) in [6, 6.07) is 7.31. The third kappa shape index (κ3) is 6.01. The number of alkyl halides is 3. The molecule has 0 atom stereocenters. The van der Waals surface area contributed by atoms with E-state index in [9.17, 15) is 18.0 Å². The number of carbonyl (C=O) groups excluding carboxylic acids is 1. The van der Waals surface area contributed by atoms with Gasteiger partial charge in [-0.15, -0.1) is 13.2 Å². The lowest BCUT2D eigenvalue weighted by molar-refractivity contribution is -0.325. The van der Waals surface area contributed by atoms with Crippen LogP contribution in [-0.2, 0) is 16.0 Å². The predicted molar refractivity (Wildman–Crippen MR) is 106 cm³/mol. The summed E-state index contributed by atoms with van der Waals surface area (Å²) < 4.78 is 48.2. The molecule has 0 aliphatic carbocycles. The van der Waals surface area contributed by atoms with Crippen LogP contribution < -0.4 is 5.32 Å². The number of halogens is 3. The normalized spacial score (nSPS) is 16.1. The van der Waals surface area contributed by atoms with Crippen molar-refractivity contribution >= 4 is 23.1 Å². The highest BCUT2D eigenvalue weighted by molar-refractivity contribution is 5.78. The fraction of sp³-hybridized carbons (Fsp3) is 0.600. The molecule has 30 heavy (non-hydrogen) atoms. The number of nitrogens with zero attached hydrogens (tertiary/aromatic N) is 3. The average molecular weight is 428 g/mol. The highest BCUT2D eigenvalue weighted by atomic mass is 19.4. The van der Waals surface area contributed by atoms with Crippen LogP contribution in [0.2, 0.25) is 0 Å². The van der Waals surface area contributed by atoms with Crippen LogP contribution in [-0.4, -0.2) is 58.2 Å². The first kappa shape index (κ1) is 22.2. The number of benzene rings is 1. The van der Waals surface area contributed by atoms with E-state index in [-0.39, 0.29) is 18.7 Å². The van der Waals surface area contributed by atoms with E-state index in [4.69, 9.17) is 4.74 Å². The van der Waals surface area contributed by atoms with Gasteiger partial charge in [-0.3, -0.25) is 4.74 Å². The van der Waals surface area contributed by atoms with Crippen molar-refractivity contribution in [2.24, 2.45) is 0 Å². The molecule has 0 bridgehead atoms. The van der Waals surface area contributed by atoms with Gasteiger partial charge in [-0.25, -0.2) is 9.78 Å². The van der Waals surface area contributed by atoms with E-state index in [1.807, 2.05) is 45.0 Å². The number of ether oxygens (including phenoxy) is 2. The Morgan fingerprint density at radius 3 is 2.50 bits per heavy atom. The number of piperidine rings is 1. The zero-order valence-corrected chi connectivity index (χ0v) is 17.3. The molecule has 1 aromatic carbocycles. The first-order valence-electron chi connectivity index (χ1n) is 9.92. The fourth-order valence-electron chi connectivity index (χ4n) is 3.38. The molecule has 1 N–H and O–H groups in total. The number of anilines is 1. The largest absolute Gasteiger partial charge is 0.522 e. The Bertz CT molecular complexity index is 868. The van der Waals surface area contributed by atoms with Gasteiger partial charge in [-0.1, -0.05) is 12.1 Å². The Morgan fingerprint density at radius 1 is 1.20 bits per heavy atom. The van der Waals surface area contributed by atoms with Gasteiger partial charge in [0.15, 0.2) is 0 Å². The third-order valence-corrected chi connectivity index (χ3v) is 4.72. The number of imidazole rings is 1. The van der Waals surface area contributed by atoms with E-state index < -0.39 is 18.6 Å². The molecule has 1 aliphatic heterocycles. The Balaban J connectivity index is 1.64. The van der Waals surface area contributed by atoms with Crippen LogP contribution in [0.25, 0.3) is 11.0 Å². The number of likely N-dealkylation sites (tertiary alicyclic amines) is 1. The first-order chi connectivity index (χ1) is 14.0. The molecule has 2 heterocycles. The summed E-state index contributed by atoms with van der Waals surface area (Å²) in [6.45, 7) is 6.05. The second-order valence-corrected chi connectivity index (χ2v) is 8.26. The molecule has 0 saturated carbocycles. The van der Waals surface area contributed by atoms with Crippen LogP contribution in [0.1, 0.15) is 33.6 Å². The Kier molecular flexibility index (Phi) is 6.44. The second-order valence-electron chi connectivity index (χ2n) is 8.26. The van der Waals surface area contributed by atoms with Crippen molar-refractivity contribution in [2.45, 2.75) is 58.2 Å². The molecule has 0 radical (unpaired) electrons. The lowest BCUT2D eigenvalue weighted by Gasteiger charge is -2.34. The van der Waals surface area contributed by atoms with Gasteiger partial charge in [0, 0.05) is 25.7 Å². The summed E-state index contributed by atoms with van der Waals surface area (Å²) >= 11 is 0. The maximum atomic E-state index is 12.4. The second kappa shape index (κ2) is 8.71. The number of nitrogens with one attached hydrogen (secondary N) is 1. The SMILES string of the molecule is CC(C)(C)OC(=O)N1CCC(Nc2nc3ccccc3n2CCOC(F)(F)F)CC1. The van der Waals surface area contributed by atoms with E-state index >= 15 is 0 Å². The van der Waals surface area contributed by atoms with Gasteiger partial charge in [0.1, 0.15) is 5.60 Å². The van der Waals surface area contributed by atoms with Gasteiger partial charge >= 0.3 is 12.5 Å². The number of hydrogen-bond acceptors (Lipinski definition) is 5. The van der Waals surface area contributed by atoms with Gasteiger partial charge in [0.2, 0.25) is 5.95 Å². The Morgan fingerprint density at radius 2 is 1.87 bits per heavy atom. The Labute approximate surface area is 173 Å². The molecule has 1 aliphatic rings. The van der Waals surface area contributed by atoms with Gasteiger partial charge < -0.3 is 19.5 Å². The summed E-state index contributed by atoms with van der Waals surface area (Å²) in [5, 5.41) is 3.33. The van der Waals surface area contributed by atoms with Gasteiger partial charge in [0.05, 0.1) is 17.6 Å². The standard InChI is InChI=1S/C20H27F3N4O3/c1-19(2,3)30-18(28)26-10-8-14(9-11-26)24-17-25-15-6-4-5-7-16(15)27(17)12-13-29-20(21,22)23/h4-7,14H,8-13H2,1-3H3,(H,24,25). The molecule has 0 spiro atoms. The smallest absolute Gasteiger partial charge is 0.444 e. The van der Waals surface area contributed by atoms with Crippen molar-refractivity contribution in [1.82, 2.24) is 14.5 Å². The number of para-hydroxylation sites is 2. The van der Waals surface area contributed by atoms with Crippen LogP contribution >= 0.6 is 0 Å². The van der Waals surface area contributed by atoms with E-state index in [0.29, 0.717) is 37.4 Å². The van der Waals surface area contributed by atoms with Gasteiger partial charge in [-0.2, -0.15) is 0 Å². The van der Waals surface area contributed by atoms with Crippen LogP contribution in [0, 0.1) is 0 Å². The average Bonchev–Trinajstić information content (AvgIpc) is 2.97. The number of amides is 1. The topological polar surface area (TPSA) is 68.6 Å². The lowest BCUT2D eigenvalue weighted by Crippen LogP contribution is -2.44. The highest BCUT2D eigenvalue weighted by Crippen LogP contribution is 2.24. The minimum Gasteiger partial charge on any atom is -0.444 e. The van der Waals surface area contributed by atoms with E-state index in [1.54, 1.807) is 9.47 Å². The number of hydrogen-bond donors (Lipinski definition) is 1. The lowest BCUT2D eigenvalue weighted by atomic mass is 10.1. The molecular weight excluding hydrogens is 401 g/mol. The fourth-order valence-corrected chi connectivity index (χ4v) is 3.38. The van der Waals surface area contributed by atoms with Crippen molar-refractivity contribution in [1.29, 1.82) is 0 Å². The molecule has 0 unspecified atom stereocenters. The molecule has 1 amide bonds. The van der Waals surface area contributed by atoms with Crippen LogP contribution in [0.4, 0.5) is 23.9 Å². The maximum absolute atomic E-state index is 12.4. The molecule has 3 rings (SSSR count). The van der Waals surface area contributed by atoms with Crippen molar-refractivity contribution in [3.63, 3.8) is 0 Å². The van der Waals surface area contributed by atoms with Gasteiger partial charge in [-0.05, 0) is 45.7 Å². The molecule has 1 aromatic heterocycles. The molecular formula is C20H27F3N4O3. The van der Waals surface area contributed by atoms with Crippen molar-refractivity contribution in [3.05, 3.63) is 24.3 Å². The number of rotatable bonds is 5. The van der Waals surface area contributed by atoms with Crippen molar-refractivity contribution < 1.29 is 27.4 Å². The Hall–Kier alpha value is -2.49. The zero-order chi connectivity index (χ0) is 21.9. The van der Waals surface area contributed by atoms with Gasteiger partial charge in [0.25, 0.3) is 0 Å². The summed E-state index contributed by atoms with van der Waals surface area (Å²) in [4.78, 5) is 18.4. The van der Waals surface area contributed by atoms with Crippen molar-refractivity contribution in [2.75, 3.05) is 25.0 Å². The number of aromatic nitrogens is 2.